The molecule has 0 aliphatic carbocycles. The van der Waals surface area contributed by atoms with Crippen molar-refractivity contribution in [1.29, 1.82) is 0 Å². The largest absolute Gasteiger partial charge is 0.497 e. The van der Waals surface area contributed by atoms with Crippen molar-refractivity contribution in [3.63, 3.8) is 0 Å². The summed E-state index contributed by atoms with van der Waals surface area (Å²) < 4.78 is 7.37. The maximum absolute atomic E-state index is 5.80. The standard InChI is InChI=1S/C20H25N7O/c1-15-13-18(24-20(21)23-15)26-11-9-25(10-12-26)14-19-22-7-8-27(19)16-3-5-17(28-2)6-4-16/h3-8,13H,9-12,14H2,1-2H3,(H2,21,23,24). The quantitative estimate of drug-likeness (QED) is 0.724. The molecule has 0 saturated carbocycles. The van der Waals surface area contributed by atoms with Crippen LogP contribution >= 0.6 is 0 Å². The van der Waals surface area contributed by atoms with Crippen LogP contribution in [-0.4, -0.2) is 57.7 Å². The van der Waals surface area contributed by atoms with E-state index in [0.29, 0.717) is 5.95 Å². The zero-order chi connectivity index (χ0) is 19.5. The van der Waals surface area contributed by atoms with Crippen molar-refractivity contribution in [2.75, 3.05) is 43.9 Å². The van der Waals surface area contributed by atoms with E-state index in [2.05, 4.69) is 29.3 Å². The van der Waals surface area contributed by atoms with Crippen LogP contribution in [0, 0.1) is 6.92 Å². The van der Waals surface area contributed by atoms with Gasteiger partial charge in [-0.05, 0) is 31.2 Å². The Bertz CT molecular complexity index is 910. The highest BCUT2D eigenvalue weighted by Gasteiger charge is 2.20. The summed E-state index contributed by atoms with van der Waals surface area (Å²) in [6, 6.07) is 10.0. The summed E-state index contributed by atoms with van der Waals surface area (Å²) in [6.45, 7) is 6.43. The number of nitrogen functional groups attached to an aromatic ring is 1. The van der Waals surface area contributed by atoms with Crippen LogP contribution < -0.4 is 15.4 Å². The van der Waals surface area contributed by atoms with E-state index in [4.69, 9.17) is 10.5 Å². The molecule has 2 N–H and O–H groups in total. The van der Waals surface area contributed by atoms with Gasteiger partial charge in [-0.15, -0.1) is 0 Å². The van der Waals surface area contributed by atoms with Gasteiger partial charge in [-0.3, -0.25) is 4.90 Å². The number of piperazine rings is 1. The third kappa shape index (κ3) is 3.91. The first-order chi connectivity index (χ1) is 13.6. The van der Waals surface area contributed by atoms with Crippen molar-refractivity contribution < 1.29 is 4.74 Å². The fraction of sp³-hybridized carbons (Fsp3) is 0.350. The molecule has 1 aromatic carbocycles. The predicted molar refractivity (Wildman–Crippen MR) is 109 cm³/mol. The lowest BCUT2D eigenvalue weighted by molar-refractivity contribution is 0.242. The molecule has 8 heteroatoms. The van der Waals surface area contributed by atoms with Gasteiger partial charge < -0.3 is 19.9 Å². The Kier molecular flexibility index (Phi) is 5.12. The Hall–Kier alpha value is -3.13. The number of nitrogens with two attached hydrogens (primary N) is 1. The van der Waals surface area contributed by atoms with Crippen molar-refractivity contribution in [2.45, 2.75) is 13.5 Å². The van der Waals surface area contributed by atoms with Crippen LogP contribution in [0.2, 0.25) is 0 Å². The van der Waals surface area contributed by atoms with Crippen LogP contribution in [-0.2, 0) is 6.54 Å². The van der Waals surface area contributed by atoms with E-state index in [1.165, 1.54) is 0 Å². The first-order valence-corrected chi connectivity index (χ1v) is 9.37. The monoisotopic (exact) mass is 379 g/mol. The molecule has 1 aliphatic rings. The Morgan fingerprint density at radius 1 is 1.07 bits per heavy atom. The highest BCUT2D eigenvalue weighted by molar-refractivity contribution is 5.44. The van der Waals surface area contributed by atoms with Crippen LogP contribution in [0.5, 0.6) is 5.75 Å². The maximum Gasteiger partial charge on any atom is 0.222 e. The van der Waals surface area contributed by atoms with Crippen LogP contribution in [0.25, 0.3) is 5.69 Å². The molecule has 0 unspecified atom stereocenters. The highest BCUT2D eigenvalue weighted by atomic mass is 16.5. The van der Waals surface area contributed by atoms with Gasteiger partial charge in [0.25, 0.3) is 0 Å². The summed E-state index contributed by atoms with van der Waals surface area (Å²) >= 11 is 0. The summed E-state index contributed by atoms with van der Waals surface area (Å²) in [5, 5.41) is 0. The first kappa shape index (κ1) is 18.2. The third-order valence-corrected chi connectivity index (χ3v) is 4.99. The molecule has 8 nitrogen and oxygen atoms in total. The number of methoxy groups -OCH3 is 1. The number of aromatic nitrogens is 4. The van der Waals surface area contributed by atoms with E-state index in [0.717, 1.165) is 61.5 Å². The molecule has 4 rings (SSSR count). The van der Waals surface area contributed by atoms with Crippen molar-refractivity contribution in [2.24, 2.45) is 0 Å². The number of benzene rings is 1. The number of hydrogen-bond donors (Lipinski definition) is 1. The predicted octanol–water partition coefficient (Wildman–Crippen LogP) is 1.88. The number of aryl methyl sites for hydroxylation is 1. The van der Waals surface area contributed by atoms with E-state index in [1.807, 2.05) is 49.6 Å². The smallest absolute Gasteiger partial charge is 0.222 e. The van der Waals surface area contributed by atoms with Crippen molar-refractivity contribution >= 4 is 11.8 Å². The van der Waals surface area contributed by atoms with Gasteiger partial charge in [-0.25, -0.2) is 9.97 Å². The van der Waals surface area contributed by atoms with Crippen LogP contribution in [0.3, 0.4) is 0 Å². The van der Waals surface area contributed by atoms with E-state index < -0.39 is 0 Å². The Morgan fingerprint density at radius 2 is 1.82 bits per heavy atom. The number of nitrogens with zero attached hydrogens (tertiary/aromatic N) is 6. The van der Waals surface area contributed by atoms with E-state index in [1.54, 1.807) is 7.11 Å². The molecular formula is C20H25N7O. The highest BCUT2D eigenvalue weighted by Crippen LogP contribution is 2.19. The summed E-state index contributed by atoms with van der Waals surface area (Å²) in [5.41, 5.74) is 7.77. The Morgan fingerprint density at radius 3 is 2.50 bits per heavy atom. The topological polar surface area (TPSA) is 85.3 Å². The fourth-order valence-corrected chi connectivity index (χ4v) is 3.50. The van der Waals surface area contributed by atoms with Gasteiger partial charge in [-0.1, -0.05) is 0 Å². The minimum Gasteiger partial charge on any atom is -0.497 e. The summed E-state index contributed by atoms with van der Waals surface area (Å²) in [6.07, 6.45) is 3.85. The molecule has 0 atom stereocenters. The molecule has 146 valence electrons. The van der Waals surface area contributed by atoms with Gasteiger partial charge in [0.1, 0.15) is 17.4 Å². The summed E-state index contributed by atoms with van der Waals surface area (Å²) in [4.78, 5) is 17.8. The van der Waals surface area contributed by atoms with Gasteiger partial charge in [0.05, 0.1) is 13.7 Å². The average molecular weight is 379 g/mol. The second-order valence-electron chi connectivity index (χ2n) is 6.90. The molecule has 0 spiro atoms. The summed E-state index contributed by atoms with van der Waals surface area (Å²) in [7, 11) is 1.68. The van der Waals surface area contributed by atoms with Crippen molar-refractivity contribution in [3.8, 4) is 11.4 Å². The normalized spacial score (nSPS) is 15.0. The number of ether oxygens (including phenoxy) is 1. The van der Waals surface area contributed by atoms with Crippen LogP contribution in [0.1, 0.15) is 11.5 Å². The molecule has 0 bridgehead atoms. The zero-order valence-electron chi connectivity index (χ0n) is 16.2. The lowest BCUT2D eigenvalue weighted by Gasteiger charge is -2.35. The number of anilines is 2. The second-order valence-corrected chi connectivity index (χ2v) is 6.90. The van der Waals surface area contributed by atoms with E-state index >= 15 is 0 Å². The molecule has 3 heterocycles. The average Bonchev–Trinajstić information content (AvgIpc) is 3.16. The molecule has 1 saturated heterocycles. The molecular weight excluding hydrogens is 354 g/mol. The second kappa shape index (κ2) is 7.85. The van der Waals surface area contributed by atoms with Gasteiger partial charge in [0.2, 0.25) is 5.95 Å². The zero-order valence-corrected chi connectivity index (χ0v) is 16.2. The molecule has 2 aromatic heterocycles. The summed E-state index contributed by atoms with van der Waals surface area (Å²) in [5.74, 6) is 3.12. The van der Waals surface area contributed by atoms with Crippen LogP contribution in [0.15, 0.2) is 42.7 Å². The van der Waals surface area contributed by atoms with Gasteiger partial charge in [-0.2, -0.15) is 4.98 Å². The third-order valence-electron chi connectivity index (χ3n) is 4.99. The molecule has 3 aromatic rings. The Balaban J connectivity index is 1.41. The molecule has 0 amide bonds. The van der Waals surface area contributed by atoms with Gasteiger partial charge in [0.15, 0.2) is 0 Å². The molecule has 1 aliphatic heterocycles. The van der Waals surface area contributed by atoms with Gasteiger partial charge >= 0.3 is 0 Å². The van der Waals surface area contributed by atoms with Crippen LogP contribution in [0.4, 0.5) is 11.8 Å². The number of rotatable bonds is 5. The van der Waals surface area contributed by atoms with Crippen molar-refractivity contribution in [3.05, 3.63) is 54.2 Å². The van der Waals surface area contributed by atoms with Crippen molar-refractivity contribution in [1.82, 2.24) is 24.4 Å². The lowest BCUT2D eigenvalue weighted by Crippen LogP contribution is -2.46. The molecule has 28 heavy (non-hydrogen) atoms. The minimum atomic E-state index is 0.332. The maximum atomic E-state index is 5.80. The lowest BCUT2D eigenvalue weighted by atomic mass is 10.2. The molecule has 0 radical (unpaired) electrons. The number of hydrogen-bond acceptors (Lipinski definition) is 7. The minimum absolute atomic E-state index is 0.332. The fourth-order valence-electron chi connectivity index (χ4n) is 3.50. The van der Waals surface area contributed by atoms with Gasteiger partial charge in [0, 0.05) is 56.0 Å². The molecule has 1 fully saturated rings. The van der Waals surface area contributed by atoms with E-state index in [9.17, 15) is 0 Å². The number of imidazole rings is 1. The SMILES string of the molecule is COc1ccc(-n2ccnc2CN2CCN(c3cc(C)nc(N)n3)CC2)cc1. The first-order valence-electron chi connectivity index (χ1n) is 9.37. The Labute approximate surface area is 164 Å². The van der Waals surface area contributed by atoms with E-state index in [-0.39, 0.29) is 0 Å².